The van der Waals surface area contributed by atoms with Crippen molar-refractivity contribution in [1.29, 1.82) is 0 Å². The molecule has 4 saturated heterocycles. The zero-order valence-electron chi connectivity index (χ0n) is 22.1. The van der Waals surface area contributed by atoms with E-state index in [9.17, 15) is 34.5 Å². The maximum Gasteiger partial charge on any atom is 0.407 e. The maximum atomic E-state index is 13.9. The average molecular weight is 540 g/mol. The molecule has 0 aromatic carbocycles. The third-order valence-electron chi connectivity index (χ3n) is 9.64. The Labute approximate surface area is 218 Å². The second-order valence-corrected chi connectivity index (χ2v) is 13.5. The molecule has 6 fully saturated rings. The minimum atomic E-state index is -2.48. The fraction of sp³-hybridized carbons (Fsp3) is 0.840. The summed E-state index contributed by atoms with van der Waals surface area (Å²) >= 11 is 0. The summed E-state index contributed by atoms with van der Waals surface area (Å²) in [6.07, 6.45) is -10.8. The van der Waals surface area contributed by atoms with Crippen LogP contribution in [0.15, 0.2) is 0 Å². The molecule has 0 aromatic heterocycles. The zero-order chi connectivity index (χ0) is 28.2. The van der Waals surface area contributed by atoms with Crippen LogP contribution in [-0.4, -0.2) is 92.9 Å². The van der Waals surface area contributed by atoms with Gasteiger partial charge in [-0.2, -0.15) is 0 Å². The molecule has 4 aliphatic heterocycles. The van der Waals surface area contributed by atoms with Crippen LogP contribution in [0.2, 0.25) is 0 Å². The fourth-order valence-corrected chi connectivity index (χ4v) is 8.81. The van der Waals surface area contributed by atoms with Gasteiger partial charge in [0.2, 0.25) is 11.9 Å². The van der Waals surface area contributed by atoms with Crippen LogP contribution >= 0.6 is 0 Å². The Morgan fingerprint density at radius 2 is 1.61 bits per heavy atom. The molecule has 1 amide bonds. The Morgan fingerprint density at radius 3 is 2.18 bits per heavy atom. The number of aliphatic hydroxyl groups excluding tert-OH is 2. The molecule has 12 atom stereocenters. The first-order valence-corrected chi connectivity index (χ1v) is 12.7. The van der Waals surface area contributed by atoms with Crippen molar-refractivity contribution in [3.05, 3.63) is 0 Å². The number of carbonyl (C=O) groups excluding carboxylic acids is 4. The summed E-state index contributed by atoms with van der Waals surface area (Å²) < 4.78 is 28.8. The Kier molecular flexibility index (Phi) is 4.61. The van der Waals surface area contributed by atoms with E-state index in [4.69, 9.17) is 23.7 Å². The van der Waals surface area contributed by atoms with Crippen molar-refractivity contribution in [2.75, 3.05) is 0 Å². The first-order valence-electron chi connectivity index (χ1n) is 12.7. The summed E-state index contributed by atoms with van der Waals surface area (Å²) in [4.78, 5) is 52.5. The van der Waals surface area contributed by atoms with Crippen LogP contribution in [0.25, 0.3) is 0 Å². The van der Waals surface area contributed by atoms with Crippen molar-refractivity contribution in [3.63, 3.8) is 0 Å². The smallest absolute Gasteiger partial charge is 0.407 e. The second-order valence-electron chi connectivity index (χ2n) is 13.5. The minimum absolute atomic E-state index is 0.699. The Balaban J connectivity index is 1.65. The van der Waals surface area contributed by atoms with Gasteiger partial charge in [0, 0.05) is 11.5 Å². The molecule has 0 radical (unpaired) electrons. The van der Waals surface area contributed by atoms with Gasteiger partial charge >= 0.3 is 24.0 Å². The van der Waals surface area contributed by atoms with E-state index in [0.717, 1.165) is 0 Å². The molecule has 2 saturated carbocycles. The lowest BCUT2D eigenvalue weighted by Crippen LogP contribution is -2.67. The van der Waals surface area contributed by atoms with Gasteiger partial charge in [0.15, 0.2) is 23.9 Å². The second kappa shape index (κ2) is 6.80. The van der Waals surface area contributed by atoms with Gasteiger partial charge in [-0.3, -0.25) is 4.79 Å². The first-order chi connectivity index (χ1) is 17.3. The number of hydrogen-bond donors (Lipinski definition) is 4. The van der Waals surface area contributed by atoms with Gasteiger partial charge in [-0.05, 0) is 33.1 Å². The number of carbonyl (C=O) groups is 4. The number of nitrogens with one attached hydrogen (secondary N) is 1. The van der Waals surface area contributed by atoms with Crippen molar-refractivity contribution in [1.82, 2.24) is 5.32 Å². The number of fused-ring (bicyclic) bond motifs is 1. The largest absolute Gasteiger partial charge is 0.456 e. The topological polar surface area (TPSA) is 187 Å². The number of alkyl carbamates (subject to hydrolysis) is 1. The number of aliphatic hydroxyl groups is 3. The summed E-state index contributed by atoms with van der Waals surface area (Å²) in [7, 11) is 0. The fourth-order valence-electron chi connectivity index (χ4n) is 8.81. The van der Waals surface area contributed by atoms with Gasteiger partial charge in [0.05, 0.1) is 16.7 Å². The Bertz CT molecular complexity index is 1170. The predicted molar refractivity (Wildman–Crippen MR) is 121 cm³/mol. The number of rotatable bonds is 1. The quantitative estimate of drug-likeness (QED) is 0.239. The first kappa shape index (κ1) is 25.8. The van der Waals surface area contributed by atoms with Crippen molar-refractivity contribution >= 4 is 24.0 Å². The molecule has 0 bridgehead atoms. The third-order valence-corrected chi connectivity index (χ3v) is 9.64. The van der Waals surface area contributed by atoms with Gasteiger partial charge < -0.3 is 44.3 Å². The van der Waals surface area contributed by atoms with Crippen LogP contribution in [0.3, 0.4) is 0 Å². The number of ether oxygens (including phenoxy) is 5. The highest BCUT2D eigenvalue weighted by Crippen LogP contribution is 2.84. The summed E-state index contributed by atoms with van der Waals surface area (Å²) in [5, 5.41) is 38.4. The Hall–Kier alpha value is -2.48. The van der Waals surface area contributed by atoms with Crippen molar-refractivity contribution < 1.29 is 58.2 Å². The highest BCUT2D eigenvalue weighted by Gasteiger charge is 3.05. The highest BCUT2D eigenvalue weighted by molar-refractivity contribution is 5.94. The molecule has 38 heavy (non-hydrogen) atoms. The monoisotopic (exact) mass is 539 g/mol. The summed E-state index contributed by atoms with van der Waals surface area (Å²) in [5.74, 6) is -5.42. The lowest BCUT2D eigenvalue weighted by Gasteiger charge is -2.47. The van der Waals surface area contributed by atoms with E-state index in [0.29, 0.717) is 0 Å². The molecule has 13 heteroatoms. The van der Waals surface area contributed by atoms with Crippen molar-refractivity contribution in [2.24, 2.45) is 28.1 Å². The van der Waals surface area contributed by atoms with Crippen LogP contribution in [-0.2, 0) is 38.1 Å². The van der Waals surface area contributed by atoms with Gasteiger partial charge in [-0.25, -0.2) is 14.4 Å². The van der Waals surface area contributed by atoms with E-state index in [1.807, 2.05) is 0 Å². The van der Waals surface area contributed by atoms with Crippen molar-refractivity contribution in [3.8, 4) is 0 Å². The number of amides is 1. The van der Waals surface area contributed by atoms with Gasteiger partial charge in [0.1, 0.15) is 12.2 Å². The SMILES string of the molecule is C[C@@H]1C(=O)OC2C(O)C34C5OC(=O)C3(OC3OC(=O)[C@H](O)C34C(C(C)(C)C)[C@H]5OC(=O)NC(C)(C)C)[C@]21O. The number of hydrogen-bond acceptors (Lipinski definition) is 12. The van der Waals surface area contributed by atoms with E-state index < -0.39 is 106 Å². The van der Waals surface area contributed by atoms with Crippen LogP contribution < -0.4 is 5.32 Å². The molecule has 4 heterocycles. The van der Waals surface area contributed by atoms with E-state index in [1.165, 1.54) is 6.92 Å². The lowest BCUT2D eigenvalue weighted by atomic mass is 9.51. The molecule has 2 aliphatic carbocycles. The zero-order valence-corrected chi connectivity index (χ0v) is 22.1. The van der Waals surface area contributed by atoms with E-state index >= 15 is 0 Å². The van der Waals surface area contributed by atoms with Crippen LogP contribution in [0.5, 0.6) is 0 Å². The Morgan fingerprint density at radius 1 is 0.974 bits per heavy atom. The average Bonchev–Trinajstić information content (AvgIpc) is 3.46. The number of esters is 3. The molecule has 6 aliphatic rings. The molecule has 4 N–H and O–H groups in total. The summed E-state index contributed by atoms with van der Waals surface area (Å²) in [6.45, 7) is 11.9. The molecular formula is C25H33NO12. The molecule has 210 valence electrons. The summed E-state index contributed by atoms with van der Waals surface area (Å²) in [5.41, 5.74) is -10.5. The highest BCUT2D eigenvalue weighted by atomic mass is 16.8. The van der Waals surface area contributed by atoms with E-state index in [-0.39, 0.29) is 0 Å². The van der Waals surface area contributed by atoms with Crippen molar-refractivity contribution in [2.45, 2.75) is 102 Å². The van der Waals surface area contributed by atoms with Gasteiger partial charge in [-0.1, -0.05) is 20.8 Å². The van der Waals surface area contributed by atoms with E-state index in [2.05, 4.69) is 5.32 Å². The van der Waals surface area contributed by atoms with Gasteiger partial charge in [-0.15, -0.1) is 0 Å². The van der Waals surface area contributed by atoms with Crippen LogP contribution in [0.4, 0.5) is 4.79 Å². The minimum Gasteiger partial charge on any atom is -0.456 e. The molecule has 8 unspecified atom stereocenters. The molecule has 6 rings (SSSR count). The lowest BCUT2D eigenvalue weighted by molar-refractivity contribution is -0.240. The van der Waals surface area contributed by atoms with Crippen LogP contribution in [0.1, 0.15) is 48.5 Å². The van der Waals surface area contributed by atoms with Crippen LogP contribution in [0, 0.1) is 28.1 Å². The standard InChI is InChI=1S/C25H33NO12/c1-8-15(29)35-14-11(27)23-13-9(34-19(32)26-21(5,6)7)10(20(2,3)4)22(23)12(28)16(30)37-18(22)38-25(23,17(31)36-13)24(8,14)33/h8-14,18,27-28,33H,1-7H3,(H,26,32)/t8-,9-,10?,11?,12+,13?,14?,18?,22?,23?,24-,25?/m1/s1. The molecule has 0 aromatic rings. The molecule has 13 nitrogen and oxygen atoms in total. The molecule has 2 spiro atoms. The third kappa shape index (κ3) is 2.29. The van der Waals surface area contributed by atoms with E-state index in [1.54, 1.807) is 41.5 Å². The van der Waals surface area contributed by atoms with Gasteiger partial charge in [0.25, 0.3) is 0 Å². The normalized spacial score (nSPS) is 52.1. The molecular weight excluding hydrogens is 506 g/mol. The maximum absolute atomic E-state index is 13.9. The predicted octanol–water partition coefficient (Wildman–Crippen LogP) is -0.866. The summed E-state index contributed by atoms with van der Waals surface area (Å²) in [6, 6.07) is 0.